The second-order valence-corrected chi connectivity index (χ2v) is 10.0. The van der Waals surface area contributed by atoms with Gasteiger partial charge >= 0.3 is 0 Å². The van der Waals surface area contributed by atoms with Gasteiger partial charge in [-0.3, -0.25) is 10.1 Å². The van der Waals surface area contributed by atoms with E-state index in [1.54, 1.807) is 43.3 Å². The Morgan fingerprint density at radius 3 is 2.68 bits per heavy atom. The van der Waals surface area contributed by atoms with Gasteiger partial charge in [0, 0.05) is 22.3 Å². The monoisotopic (exact) mass is 545 g/mol. The summed E-state index contributed by atoms with van der Waals surface area (Å²) in [5.41, 5.74) is 3.62. The number of rotatable bonds is 5. The van der Waals surface area contributed by atoms with Gasteiger partial charge in [0.25, 0.3) is 0 Å². The first-order valence-electron chi connectivity index (χ1n) is 11.2. The third-order valence-electron chi connectivity index (χ3n) is 5.47. The highest BCUT2D eigenvalue weighted by atomic mass is 35.5. The summed E-state index contributed by atoms with van der Waals surface area (Å²) >= 11 is 12.7. The maximum absolute atomic E-state index is 12.4. The molecular formula is C28H20ClN3O3S2. The Morgan fingerprint density at radius 2 is 1.89 bits per heavy atom. The maximum Gasteiger partial charge on any atom is 0.250 e. The number of amides is 1. The molecule has 1 amide bonds. The van der Waals surface area contributed by atoms with Crippen LogP contribution in [0.25, 0.3) is 38.2 Å². The van der Waals surface area contributed by atoms with Gasteiger partial charge in [0.15, 0.2) is 5.11 Å². The molecule has 0 aliphatic carbocycles. The minimum Gasteiger partial charge on any atom is -0.507 e. The van der Waals surface area contributed by atoms with Crippen LogP contribution in [0.5, 0.6) is 5.75 Å². The molecule has 5 rings (SSSR count). The zero-order chi connectivity index (χ0) is 25.9. The number of halogens is 1. The number of nitrogens with one attached hydrogen (secondary N) is 2. The predicted molar refractivity (Wildman–Crippen MR) is 154 cm³/mol. The van der Waals surface area contributed by atoms with Crippen molar-refractivity contribution in [3.8, 4) is 27.6 Å². The van der Waals surface area contributed by atoms with Crippen molar-refractivity contribution in [3.63, 3.8) is 0 Å². The summed E-state index contributed by atoms with van der Waals surface area (Å²) in [6.07, 6.45) is 2.90. The lowest BCUT2D eigenvalue weighted by atomic mass is 10.1. The van der Waals surface area contributed by atoms with Gasteiger partial charge in [0.1, 0.15) is 22.3 Å². The summed E-state index contributed by atoms with van der Waals surface area (Å²) in [6.45, 7) is 1.79. The topological polar surface area (TPSA) is 87.4 Å². The molecule has 184 valence electrons. The Labute approximate surface area is 227 Å². The number of aromatic nitrogens is 1. The minimum absolute atomic E-state index is 0.122. The van der Waals surface area contributed by atoms with E-state index in [0.29, 0.717) is 38.4 Å². The molecular weight excluding hydrogens is 526 g/mol. The summed E-state index contributed by atoms with van der Waals surface area (Å²) in [7, 11) is 0. The second-order valence-electron chi connectivity index (χ2n) is 8.16. The van der Waals surface area contributed by atoms with E-state index in [4.69, 9.17) is 28.2 Å². The third-order valence-corrected chi connectivity index (χ3v) is 7.00. The summed E-state index contributed by atoms with van der Waals surface area (Å²) < 4.78 is 6.80. The van der Waals surface area contributed by atoms with Crippen LogP contribution in [0.2, 0.25) is 5.02 Å². The standard InChI is InChI=1S/C28H20ClN3O3S2/c1-16-14-19(15-21(26(16)34)27-31-22-4-2-3-5-24(22)37-27)30-28(36)32-25(33)13-11-20-10-12-23(35-20)17-6-8-18(29)9-7-17/h2-15,34H,1H3,(H2,30,32,33,36). The van der Waals surface area contributed by atoms with E-state index < -0.39 is 5.91 Å². The molecule has 0 aliphatic heterocycles. The van der Waals surface area contributed by atoms with Crippen LogP contribution < -0.4 is 10.6 Å². The molecule has 0 fully saturated rings. The average molecular weight is 546 g/mol. The van der Waals surface area contributed by atoms with Crippen molar-refractivity contribution in [3.05, 3.63) is 95.2 Å². The number of furan rings is 1. The first-order valence-corrected chi connectivity index (χ1v) is 12.8. The van der Waals surface area contributed by atoms with Gasteiger partial charge in [0.05, 0.1) is 15.8 Å². The lowest BCUT2D eigenvalue weighted by molar-refractivity contribution is -0.115. The summed E-state index contributed by atoms with van der Waals surface area (Å²) in [5, 5.41) is 17.7. The SMILES string of the molecule is Cc1cc(NC(=S)NC(=O)C=Cc2ccc(-c3ccc(Cl)cc3)o2)cc(-c2nc3ccccc3s2)c1O. The molecule has 0 saturated heterocycles. The molecule has 3 N–H and O–H groups in total. The number of anilines is 1. The Balaban J connectivity index is 1.25. The number of carbonyl (C=O) groups is 1. The number of thiocarbonyl (C=S) groups is 1. The number of aryl methyl sites for hydroxylation is 1. The number of thiazole rings is 1. The Morgan fingerprint density at radius 1 is 1.11 bits per heavy atom. The average Bonchev–Trinajstić information content (AvgIpc) is 3.52. The number of phenolic OH excluding ortho intramolecular Hbond substituents is 1. The van der Waals surface area contributed by atoms with E-state index in [1.807, 2.05) is 42.5 Å². The third kappa shape index (κ3) is 5.72. The van der Waals surface area contributed by atoms with E-state index in [0.717, 1.165) is 15.8 Å². The highest BCUT2D eigenvalue weighted by Crippen LogP contribution is 2.38. The summed E-state index contributed by atoms with van der Waals surface area (Å²) in [6, 6.07) is 22.2. The molecule has 0 unspecified atom stereocenters. The quantitative estimate of drug-likeness (QED) is 0.121. The van der Waals surface area contributed by atoms with Crippen LogP contribution in [0.3, 0.4) is 0 Å². The molecule has 0 radical (unpaired) electrons. The number of phenols is 1. The van der Waals surface area contributed by atoms with Crippen LogP contribution in [0.15, 0.2) is 83.3 Å². The van der Waals surface area contributed by atoms with Gasteiger partial charge in [-0.25, -0.2) is 4.98 Å². The van der Waals surface area contributed by atoms with Gasteiger partial charge in [-0.1, -0.05) is 23.7 Å². The molecule has 2 heterocycles. The number of nitrogens with zero attached hydrogens (tertiary/aromatic N) is 1. The van der Waals surface area contributed by atoms with Gasteiger partial charge < -0.3 is 14.8 Å². The highest BCUT2D eigenvalue weighted by Gasteiger charge is 2.15. The largest absolute Gasteiger partial charge is 0.507 e. The molecule has 0 bridgehead atoms. The van der Waals surface area contributed by atoms with E-state index in [9.17, 15) is 9.90 Å². The number of hydrogen-bond donors (Lipinski definition) is 3. The van der Waals surface area contributed by atoms with Crippen molar-refractivity contribution in [1.29, 1.82) is 0 Å². The van der Waals surface area contributed by atoms with E-state index in [-0.39, 0.29) is 10.9 Å². The summed E-state index contributed by atoms with van der Waals surface area (Å²) in [5.74, 6) is 0.928. The predicted octanol–water partition coefficient (Wildman–Crippen LogP) is 7.42. The Kier molecular flexibility index (Phi) is 7.05. The van der Waals surface area contributed by atoms with Crippen molar-refractivity contribution in [2.45, 2.75) is 6.92 Å². The van der Waals surface area contributed by atoms with E-state index in [2.05, 4.69) is 15.6 Å². The minimum atomic E-state index is -0.413. The number of hydrogen-bond acceptors (Lipinski definition) is 6. The Hall–Kier alpha value is -3.98. The molecule has 3 aromatic carbocycles. The van der Waals surface area contributed by atoms with Crippen molar-refractivity contribution in [2.75, 3.05) is 5.32 Å². The van der Waals surface area contributed by atoms with E-state index >= 15 is 0 Å². The van der Waals surface area contributed by atoms with Gasteiger partial charge in [-0.15, -0.1) is 11.3 Å². The van der Waals surface area contributed by atoms with Crippen LogP contribution in [-0.2, 0) is 4.79 Å². The molecule has 0 aliphatic rings. The number of aromatic hydroxyl groups is 1. The fourth-order valence-corrected chi connectivity index (χ4v) is 5.01. The number of benzene rings is 3. The van der Waals surface area contributed by atoms with Crippen molar-refractivity contribution >= 4 is 68.2 Å². The van der Waals surface area contributed by atoms with Crippen LogP contribution in [0.1, 0.15) is 11.3 Å². The lowest BCUT2D eigenvalue weighted by Crippen LogP contribution is -2.32. The van der Waals surface area contributed by atoms with Crippen molar-refractivity contribution in [1.82, 2.24) is 10.3 Å². The zero-order valence-corrected chi connectivity index (χ0v) is 21.9. The molecule has 5 aromatic rings. The molecule has 9 heteroatoms. The second kappa shape index (κ2) is 10.6. The van der Waals surface area contributed by atoms with E-state index in [1.165, 1.54) is 17.4 Å². The molecule has 0 saturated carbocycles. The van der Waals surface area contributed by atoms with Crippen LogP contribution >= 0.6 is 35.2 Å². The molecule has 2 aromatic heterocycles. The Bertz CT molecular complexity index is 1620. The smallest absolute Gasteiger partial charge is 0.250 e. The van der Waals surface area contributed by atoms with Gasteiger partial charge in [-0.2, -0.15) is 0 Å². The maximum atomic E-state index is 12.4. The van der Waals surface area contributed by atoms with Crippen molar-refractivity contribution in [2.24, 2.45) is 0 Å². The molecule has 6 nitrogen and oxygen atoms in total. The molecule has 0 atom stereocenters. The molecule has 37 heavy (non-hydrogen) atoms. The van der Waals surface area contributed by atoms with Crippen LogP contribution in [0.4, 0.5) is 5.69 Å². The fraction of sp³-hybridized carbons (Fsp3) is 0.0357. The van der Waals surface area contributed by atoms with Crippen LogP contribution in [-0.4, -0.2) is 21.1 Å². The first kappa shape index (κ1) is 24.7. The zero-order valence-electron chi connectivity index (χ0n) is 19.5. The normalized spacial score (nSPS) is 11.2. The summed E-state index contributed by atoms with van der Waals surface area (Å²) in [4.78, 5) is 17.0. The van der Waals surface area contributed by atoms with Crippen molar-refractivity contribution < 1.29 is 14.3 Å². The van der Waals surface area contributed by atoms with Gasteiger partial charge in [0.2, 0.25) is 5.91 Å². The number of para-hydroxylation sites is 1. The van der Waals surface area contributed by atoms with Gasteiger partial charge in [-0.05, 0) is 91.4 Å². The van der Waals surface area contributed by atoms with Crippen LogP contribution in [0, 0.1) is 6.92 Å². The fourth-order valence-electron chi connectivity index (χ4n) is 3.69. The molecule has 0 spiro atoms. The number of carbonyl (C=O) groups excluding carboxylic acids is 1. The number of fused-ring (bicyclic) bond motifs is 1. The lowest BCUT2D eigenvalue weighted by Gasteiger charge is -2.12. The highest BCUT2D eigenvalue weighted by molar-refractivity contribution is 7.80. The first-order chi connectivity index (χ1) is 17.9.